The van der Waals surface area contributed by atoms with Crippen LogP contribution in [-0.4, -0.2) is 39.7 Å². The summed E-state index contributed by atoms with van der Waals surface area (Å²) in [5, 5.41) is 13.9. The lowest BCUT2D eigenvalue weighted by molar-refractivity contribution is -0.114. The number of carbonyl (C=O) groups excluding carboxylic acids is 1. The quantitative estimate of drug-likeness (QED) is 0.503. The largest absolute Gasteiger partial charge is 0.360 e. The maximum atomic E-state index is 11.2. The van der Waals surface area contributed by atoms with Gasteiger partial charge < -0.3 is 15.5 Å². The Bertz CT molecular complexity index is 1000. The molecular weight excluding hydrogens is 386 g/mol. The van der Waals surface area contributed by atoms with E-state index in [2.05, 4.69) is 32.7 Å². The highest BCUT2D eigenvalue weighted by Crippen LogP contribution is 2.32. The molecule has 0 saturated heterocycles. The Balaban J connectivity index is 1.90. The van der Waals surface area contributed by atoms with Crippen molar-refractivity contribution in [2.45, 2.75) is 37.7 Å². The second-order valence-corrected chi connectivity index (χ2v) is 7.73. The fraction of sp³-hybridized carbons (Fsp3) is 0.300. The van der Waals surface area contributed by atoms with Crippen molar-refractivity contribution in [2.75, 3.05) is 29.1 Å². The number of aryl methyl sites for hydroxylation is 1. The lowest BCUT2D eigenvalue weighted by Crippen LogP contribution is -2.20. The van der Waals surface area contributed by atoms with Gasteiger partial charge in [-0.2, -0.15) is 5.10 Å². The molecule has 0 aliphatic heterocycles. The highest BCUT2D eigenvalue weighted by Gasteiger charge is 2.15. The first kappa shape index (κ1) is 20.7. The average molecular weight is 412 g/mol. The molecule has 2 aromatic heterocycles. The Morgan fingerprint density at radius 1 is 1.21 bits per heavy atom. The van der Waals surface area contributed by atoms with E-state index in [0.29, 0.717) is 11.0 Å². The molecule has 1 aromatic carbocycles. The highest BCUT2D eigenvalue weighted by molar-refractivity contribution is 7.99. The fourth-order valence-corrected chi connectivity index (χ4v) is 3.44. The average Bonchev–Trinajstić information content (AvgIpc) is 3.09. The first-order valence-corrected chi connectivity index (χ1v) is 10.1. The van der Waals surface area contributed by atoms with Crippen molar-refractivity contribution in [3.63, 3.8) is 0 Å². The van der Waals surface area contributed by atoms with Crippen LogP contribution in [0.4, 0.5) is 23.1 Å². The van der Waals surface area contributed by atoms with Crippen LogP contribution in [0.2, 0.25) is 0 Å². The standard InChI is InChI=1S/C20H25N7OS/c1-6-27(5)19-13(3)18(22-17-11-12(2)25-26-17)23-20(24-19)29-16-9-7-15(8-10-16)21-14(4)28/h7-11H,6H2,1-5H3,(H,21,28)(H2,22,23,24,25,26). The molecule has 0 fully saturated rings. The summed E-state index contributed by atoms with van der Waals surface area (Å²) in [6.07, 6.45) is 0. The maximum absolute atomic E-state index is 11.2. The summed E-state index contributed by atoms with van der Waals surface area (Å²) < 4.78 is 0. The smallest absolute Gasteiger partial charge is 0.221 e. The molecule has 0 unspecified atom stereocenters. The van der Waals surface area contributed by atoms with Crippen LogP contribution >= 0.6 is 11.8 Å². The molecule has 0 bridgehead atoms. The Morgan fingerprint density at radius 3 is 2.52 bits per heavy atom. The number of anilines is 4. The van der Waals surface area contributed by atoms with Crippen molar-refractivity contribution in [1.29, 1.82) is 0 Å². The number of benzene rings is 1. The summed E-state index contributed by atoms with van der Waals surface area (Å²) in [4.78, 5) is 23.7. The third-order valence-corrected chi connectivity index (χ3v) is 5.14. The first-order valence-electron chi connectivity index (χ1n) is 9.30. The molecule has 3 aromatic rings. The van der Waals surface area contributed by atoms with Gasteiger partial charge >= 0.3 is 0 Å². The molecule has 0 atom stereocenters. The van der Waals surface area contributed by atoms with Gasteiger partial charge in [0.1, 0.15) is 11.6 Å². The van der Waals surface area contributed by atoms with E-state index in [1.54, 1.807) is 0 Å². The molecule has 3 rings (SSSR count). The van der Waals surface area contributed by atoms with Gasteiger partial charge in [-0.25, -0.2) is 9.97 Å². The Hall–Kier alpha value is -3.07. The number of nitrogens with one attached hydrogen (secondary N) is 3. The Labute approximate surface area is 174 Å². The van der Waals surface area contributed by atoms with E-state index >= 15 is 0 Å². The maximum Gasteiger partial charge on any atom is 0.221 e. The van der Waals surface area contributed by atoms with Gasteiger partial charge in [-0.1, -0.05) is 0 Å². The van der Waals surface area contributed by atoms with Crippen LogP contribution in [0.25, 0.3) is 0 Å². The minimum atomic E-state index is -0.0937. The molecule has 152 valence electrons. The zero-order valence-electron chi connectivity index (χ0n) is 17.2. The van der Waals surface area contributed by atoms with E-state index in [4.69, 9.17) is 9.97 Å². The van der Waals surface area contributed by atoms with Crippen molar-refractivity contribution in [3.05, 3.63) is 41.6 Å². The molecule has 1 amide bonds. The lowest BCUT2D eigenvalue weighted by Gasteiger charge is -2.20. The zero-order chi connectivity index (χ0) is 21.0. The van der Waals surface area contributed by atoms with E-state index in [1.807, 2.05) is 51.2 Å². The van der Waals surface area contributed by atoms with Gasteiger partial charge in [0.2, 0.25) is 5.91 Å². The minimum Gasteiger partial charge on any atom is -0.360 e. The number of rotatable bonds is 7. The van der Waals surface area contributed by atoms with E-state index < -0.39 is 0 Å². The second-order valence-electron chi connectivity index (χ2n) is 6.69. The molecule has 0 radical (unpaired) electrons. The van der Waals surface area contributed by atoms with Gasteiger partial charge in [0.15, 0.2) is 11.0 Å². The number of hydrogen-bond acceptors (Lipinski definition) is 7. The van der Waals surface area contributed by atoms with E-state index in [0.717, 1.165) is 40.0 Å². The molecule has 0 aliphatic carbocycles. The third-order valence-electron chi connectivity index (χ3n) is 4.27. The molecule has 3 N–H and O–H groups in total. The van der Waals surface area contributed by atoms with Crippen LogP contribution in [0.15, 0.2) is 40.4 Å². The predicted molar refractivity (Wildman–Crippen MR) is 117 cm³/mol. The summed E-state index contributed by atoms with van der Waals surface area (Å²) in [5.74, 6) is 2.21. The summed E-state index contributed by atoms with van der Waals surface area (Å²) in [6, 6.07) is 9.53. The van der Waals surface area contributed by atoms with Crippen molar-refractivity contribution in [3.8, 4) is 0 Å². The van der Waals surface area contributed by atoms with E-state index in [9.17, 15) is 4.79 Å². The molecule has 0 spiro atoms. The van der Waals surface area contributed by atoms with Gasteiger partial charge in [0, 0.05) is 48.4 Å². The molecule has 0 aliphatic rings. The van der Waals surface area contributed by atoms with Gasteiger partial charge in [0.05, 0.1) is 0 Å². The van der Waals surface area contributed by atoms with Crippen LogP contribution in [0, 0.1) is 13.8 Å². The zero-order valence-corrected chi connectivity index (χ0v) is 18.0. The second kappa shape index (κ2) is 8.95. The monoisotopic (exact) mass is 411 g/mol. The topological polar surface area (TPSA) is 98.8 Å². The van der Waals surface area contributed by atoms with Crippen molar-refractivity contribution in [1.82, 2.24) is 20.2 Å². The van der Waals surface area contributed by atoms with Crippen molar-refractivity contribution < 1.29 is 4.79 Å². The SMILES string of the molecule is CCN(C)c1nc(Sc2ccc(NC(C)=O)cc2)nc(Nc2cc(C)[nH]n2)c1C. The van der Waals surface area contributed by atoms with E-state index in [-0.39, 0.29) is 5.91 Å². The first-order chi connectivity index (χ1) is 13.9. The number of aromatic nitrogens is 4. The summed E-state index contributed by atoms with van der Waals surface area (Å²) >= 11 is 1.47. The molecule has 29 heavy (non-hydrogen) atoms. The van der Waals surface area contributed by atoms with E-state index in [1.165, 1.54) is 18.7 Å². The van der Waals surface area contributed by atoms with Crippen molar-refractivity contribution in [2.24, 2.45) is 0 Å². The number of hydrogen-bond donors (Lipinski definition) is 3. The Kier molecular flexibility index (Phi) is 6.38. The number of aromatic amines is 1. The van der Waals surface area contributed by atoms with Gasteiger partial charge in [-0.3, -0.25) is 9.89 Å². The summed E-state index contributed by atoms with van der Waals surface area (Å²) in [7, 11) is 2.01. The van der Waals surface area contributed by atoms with Gasteiger partial charge in [0.25, 0.3) is 0 Å². The van der Waals surface area contributed by atoms with Gasteiger partial charge in [-0.15, -0.1) is 0 Å². The lowest BCUT2D eigenvalue weighted by atomic mass is 10.3. The van der Waals surface area contributed by atoms with Crippen molar-refractivity contribution >= 4 is 40.8 Å². The number of nitrogens with zero attached hydrogens (tertiary/aromatic N) is 4. The normalized spacial score (nSPS) is 10.7. The molecule has 2 heterocycles. The summed E-state index contributed by atoms with van der Waals surface area (Å²) in [5.41, 5.74) is 2.69. The number of H-pyrrole nitrogens is 1. The van der Waals surface area contributed by atoms with Crippen LogP contribution in [0.3, 0.4) is 0 Å². The van der Waals surface area contributed by atoms with Crippen LogP contribution in [0.1, 0.15) is 25.1 Å². The Morgan fingerprint density at radius 2 is 1.93 bits per heavy atom. The minimum absolute atomic E-state index is 0.0937. The van der Waals surface area contributed by atoms with Crippen LogP contribution in [-0.2, 0) is 4.79 Å². The number of amides is 1. The van der Waals surface area contributed by atoms with Crippen LogP contribution < -0.4 is 15.5 Å². The third kappa shape index (κ3) is 5.26. The van der Waals surface area contributed by atoms with Gasteiger partial charge in [-0.05, 0) is 56.8 Å². The predicted octanol–water partition coefficient (Wildman–Crippen LogP) is 4.13. The highest BCUT2D eigenvalue weighted by atomic mass is 32.2. The van der Waals surface area contributed by atoms with Crippen LogP contribution in [0.5, 0.6) is 0 Å². The molecular formula is C20H25N7OS. The fourth-order valence-electron chi connectivity index (χ4n) is 2.69. The molecule has 8 nitrogen and oxygen atoms in total. The number of carbonyl (C=O) groups is 1. The molecule has 9 heteroatoms. The molecule has 0 saturated carbocycles. The summed E-state index contributed by atoms with van der Waals surface area (Å²) in [6.45, 7) is 8.35.